The molecule has 0 atom stereocenters. The number of anilines is 1. The maximum Gasteiger partial charge on any atom is 0.404 e. The number of aliphatic carboxylic acids is 1. The largest absolute Gasteiger partial charge is 0.481 e. The minimum absolute atomic E-state index is 0.134. The normalized spacial score (nSPS) is 16.5. The van der Waals surface area contributed by atoms with Crippen molar-refractivity contribution in [2.75, 3.05) is 57.3 Å². The number of carboxylic acid groups (broad SMARTS) is 2. The van der Waals surface area contributed by atoms with Crippen molar-refractivity contribution >= 4 is 41.2 Å². The Labute approximate surface area is 265 Å². The van der Waals surface area contributed by atoms with Gasteiger partial charge in [0.25, 0.3) is 0 Å². The van der Waals surface area contributed by atoms with Crippen LogP contribution >= 0.6 is 23.2 Å². The quantitative estimate of drug-likeness (QED) is 0.267. The standard InChI is InChI=1S/C30H35Cl2N7O5/c31-23-13-22(14-24(32)15-23)26-11-21(19-38-4-1-20(2-5-38)16-35-30(42)43)12-27(36-26)44-25-17-33-29(34-18-25)39-9-7-37(8-10-39)6-3-28(40)41/h11-15,17-18,20,35H,1-10,16,19H2,(H,40,41)(H,42,43). The molecule has 5 rings (SSSR count). The maximum absolute atomic E-state index is 10.9. The molecule has 0 unspecified atom stereocenters. The molecule has 0 saturated carbocycles. The molecule has 1 aromatic carbocycles. The van der Waals surface area contributed by atoms with Gasteiger partial charge in [0.05, 0.1) is 24.5 Å². The molecule has 2 aromatic heterocycles. The second-order valence-corrected chi connectivity index (χ2v) is 11.9. The number of likely N-dealkylation sites (tertiary alicyclic amines) is 1. The highest BCUT2D eigenvalue weighted by Gasteiger charge is 2.22. The second-order valence-electron chi connectivity index (χ2n) is 11.1. The fraction of sp³-hybridized carbons (Fsp3) is 0.433. The lowest BCUT2D eigenvalue weighted by Crippen LogP contribution is -2.47. The van der Waals surface area contributed by atoms with Crippen LogP contribution in [0.25, 0.3) is 11.3 Å². The van der Waals surface area contributed by atoms with Gasteiger partial charge in [0, 0.05) is 67.5 Å². The number of piperazine rings is 1. The van der Waals surface area contributed by atoms with Crippen LogP contribution in [0.5, 0.6) is 11.6 Å². The average Bonchev–Trinajstić information content (AvgIpc) is 3.00. The minimum Gasteiger partial charge on any atom is -0.481 e. The number of benzene rings is 1. The van der Waals surface area contributed by atoms with Gasteiger partial charge in [0.2, 0.25) is 11.8 Å². The first-order valence-corrected chi connectivity index (χ1v) is 15.3. The number of carboxylic acids is 1. The first-order chi connectivity index (χ1) is 21.2. The second kappa shape index (κ2) is 14.8. The monoisotopic (exact) mass is 643 g/mol. The molecule has 0 radical (unpaired) electrons. The van der Waals surface area contributed by atoms with E-state index in [1.807, 2.05) is 24.3 Å². The Morgan fingerprint density at radius 3 is 2.23 bits per heavy atom. The van der Waals surface area contributed by atoms with E-state index in [-0.39, 0.29) is 6.42 Å². The van der Waals surface area contributed by atoms with Crippen molar-refractivity contribution in [1.82, 2.24) is 30.1 Å². The Bertz CT molecular complexity index is 1430. The van der Waals surface area contributed by atoms with Crippen LogP contribution < -0.4 is 15.0 Å². The van der Waals surface area contributed by atoms with Crippen LogP contribution in [-0.2, 0) is 11.3 Å². The van der Waals surface area contributed by atoms with E-state index >= 15 is 0 Å². The summed E-state index contributed by atoms with van der Waals surface area (Å²) >= 11 is 12.6. The highest BCUT2D eigenvalue weighted by molar-refractivity contribution is 6.35. The topological polar surface area (TPSA) is 144 Å². The Morgan fingerprint density at radius 2 is 1.59 bits per heavy atom. The zero-order valence-corrected chi connectivity index (χ0v) is 25.7. The van der Waals surface area contributed by atoms with E-state index in [4.69, 9.17) is 43.1 Å². The van der Waals surface area contributed by atoms with Crippen LogP contribution in [0.3, 0.4) is 0 Å². The van der Waals surface area contributed by atoms with Crippen molar-refractivity contribution < 1.29 is 24.5 Å². The number of nitrogens with one attached hydrogen (secondary N) is 1. The predicted octanol–water partition coefficient (Wildman–Crippen LogP) is 4.71. The summed E-state index contributed by atoms with van der Waals surface area (Å²) in [6, 6.07) is 9.19. The molecule has 1 amide bonds. The van der Waals surface area contributed by atoms with E-state index in [9.17, 15) is 9.59 Å². The van der Waals surface area contributed by atoms with E-state index in [0.717, 1.165) is 50.1 Å². The summed E-state index contributed by atoms with van der Waals surface area (Å²) in [5.41, 5.74) is 2.43. The van der Waals surface area contributed by atoms with E-state index < -0.39 is 12.1 Å². The van der Waals surface area contributed by atoms with E-state index in [1.165, 1.54) is 0 Å². The van der Waals surface area contributed by atoms with Gasteiger partial charge in [-0.1, -0.05) is 23.2 Å². The first-order valence-electron chi connectivity index (χ1n) is 14.6. The molecule has 0 bridgehead atoms. The Hall–Kier alpha value is -3.71. The van der Waals surface area contributed by atoms with Crippen LogP contribution in [-0.4, -0.2) is 99.4 Å². The van der Waals surface area contributed by atoms with Crippen LogP contribution in [0.4, 0.5) is 10.7 Å². The van der Waals surface area contributed by atoms with Gasteiger partial charge >= 0.3 is 12.1 Å². The lowest BCUT2D eigenvalue weighted by atomic mass is 9.96. The zero-order chi connectivity index (χ0) is 31.1. The van der Waals surface area contributed by atoms with Gasteiger partial charge in [-0.25, -0.2) is 19.7 Å². The number of nitrogens with zero attached hydrogens (tertiary/aromatic N) is 6. The Kier molecular flexibility index (Phi) is 10.7. The summed E-state index contributed by atoms with van der Waals surface area (Å²) in [6.45, 7) is 6.31. The molecule has 2 aliphatic heterocycles. The molecule has 44 heavy (non-hydrogen) atoms. The number of hydrogen-bond acceptors (Lipinski definition) is 9. The summed E-state index contributed by atoms with van der Waals surface area (Å²) in [5.74, 6) is 0.958. The predicted molar refractivity (Wildman–Crippen MR) is 167 cm³/mol. The molecule has 3 N–H and O–H groups in total. The SMILES string of the molecule is O=C(O)CCN1CCN(c2ncc(Oc3cc(CN4CCC(CNC(=O)O)CC4)cc(-c4cc(Cl)cc(Cl)c4)n3)cn2)CC1. The summed E-state index contributed by atoms with van der Waals surface area (Å²) in [7, 11) is 0. The van der Waals surface area contributed by atoms with Crippen molar-refractivity contribution in [2.45, 2.75) is 25.8 Å². The number of carbonyl (C=O) groups is 2. The molecule has 2 saturated heterocycles. The first kappa shape index (κ1) is 31.7. The van der Waals surface area contributed by atoms with E-state index in [1.54, 1.807) is 18.5 Å². The maximum atomic E-state index is 10.9. The molecule has 14 heteroatoms. The molecular weight excluding hydrogens is 609 g/mol. The highest BCUT2D eigenvalue weighted by atomic mass is 35.5. The number of pyridine rings is 1. The molecule has 2 aliphatic rings. The van der Waals surface area contributed by atoms with E-state index in [2.05, 4.69) is 30.0 Å². The number of amides is 1. The van der Waals surface area contributed by atoms with Crippen LogP contribution in [0.15, 0.2) is 42.7 Å². The Balaban J connectivity index is 1.27. The number of halogens is 2. The van der Waals surface area contributed by atoms with Gasteiger partial charge in [-0.3, -0.25) is 14.6 Å². The van der Waals surface area contributed by atoms with Crippen LogP contribution in [0.2, 0.25) is 10.0 Å². The molecular formula is C30H35Cl2N7O5. The third kappa shape index (κ3) is 9.15. The number of rotatable bonds is 11. The van der Waals surface area contributed by atoms with Gasteiger partial charge in [0.1, 0.15) is 0 Å². The van der Waals surface area contributed by atoms with Gasteiger partial charge in [-0.05, 0) is 61.7 Å². The van der Waals surface area contributed by atoms with Crippen molar-refractivity contribution in [2.24, 2.45) is 5.92 Å². The third-order valence-corrected chi connectivity index (χ3v) is 8.25. The average molecular weight is 645 g/mol. The molecule has 3 aromatic rings. The smallest absolute Gasteiger partial charge is 0.404 e. The summed E-state index contributed by atoms with van der Waals surface area (Å²) < 4.78 is 6.15. The van der Waals surface area contributed by atoms with Gasteiger partial charge in [0.15, 0.2) is 5.75 Å². The summed E-state index contributed by atoms with van der Waals surface area (Å²) in [4.78, 5) is 42.0. The van der Waals surface area contributed by atoms with Crippen LogP contribution in [0, 0.1) is 5.92 Å². The van der Waals surface area contributed by atoms with Crippen LogP contribution in [0.1, 0.15) is 24.8 Å². The molecule has 0 spiro atoms. The van der Waals surface area contributed by atoms with Gasteiger partial charge in [-0.15, -0.1) is 0 Å². The van der Waals surface area contributed by atoms with Gasteiger partial charge in [-0.2, -0.15) is 0 Å². The lowest BCUT2D eigenvalue weighted by molar-refractivity contribution is -0.137. The molecule has 234 valence electrons. The zero-order valence-electron chi connectivity index (χ0n) is 24.2. The highest BCUT2D eigenvalue weighted by Crippen LogP contribution is 2.31. The molecule has 12 nitrogen and oxygen atoms in total. The van der Waals surface area contributed by atoms with Crippen molar-refractivity contribution in [1.29, 1.82) is 0 Å². The molecule has 2 fully saturated rings. The minimum atomic E-state index is -0.988. The number of aromatic nitrogens is 3. The number of ether oxygens (including phenoxy) is 1. The fourth-order valence-electron chi connectivity index (χ4n) is 5.46. The number of piperidine rings is 1. The summed E-state index contributed by atoms with van der Waals surface area (Å²) in [6.07, 6.45) is 4.21. The fourth-order valence-corrected chi connectivity index (χ4v) is 5.99. The molecule has 4 heterocycles. The Morgan fingerprint density at radius 1 is 0.909 bits per heavy atom. The van der Waals surface area contributed by atoms with Gasteiger partial charge < -0.3 is 25.2 Å². The molecule has 0 aliphatic carbocycles. The van der Waals surface area contributed by atoms with Crippen molar-refractivity contribution in [3.05, 3.63) is 58.3 Å². The number of hydrogen-bond donors (Lipinski definition) is 3. The summed E-state index contributed by atoms with van der Waals surface area (Å²) in [5, 5.41) is 21.3. The van der Waals surface area contributed by atoms with Crippen molar-refractivity contribution in [3.63, 3.8) is 0 Å². The van der Waals surface area contributed by atoms with Crippen molar-refractivity contribution in [3.8, 4) is 22.9 Å². The lowest BCUT2D eigenvalue weighted by Gasteiger charge is -2.34. The van der Waals surface area contributed by atoms with E-state index in [0.29, 0.717) is 72.0 Å². The third-order valence-electron chi connectivity index (χ3n) is 7.81.